The normalized spacial score (nSPS) is 18.5. The Kier molecular flexibility index (Phi) is 9.15. The van der Waals surface area contributed by atoms with Crippen LogP contribution in [0, 0.1) is 0 Å². The summed E-state index contributed by atoms with van der Waals surface area (Å²) in [5, 5.41) is 3.43. The van der Waals surface area contributed by atoms with E-state index >= 15 is 0 Å². The highest BCUT2D eigenvalue weighted by molar-refractivity contribution is 6.30. The number of hydrogen-bond donors (Lipinski definition) is 1. The number of likely N-dealkylation sites (tertiary alicyclic amines) is 1. The molecule has 2 aromatic rings. The molecule has 0 spiro atoms. The lowest BCUT2D eigenvalue weighted by atomic mass is 9.91. The lowest BCUT2D eigenvalue weighted by Gasteiger charge is -2.40. The fraction of sp³-hybridized carbons (Fsp3) is 0.462. The molecule has 202 valence electrons. The van der Waals surface area contributed by atoms with E-state index in [0.717, 1.165) is 12.0 Å². The molecule has 1 saturated heterocycles. The number of rotatable bonds is 7. The van der Waals surface area contributed by atoms with Gasteiger partial charge in [-0.3, -0.25) is 9.59 Å². The van der Waals surface area contributed by atoms with E-state index in [1.807, 2.05) is 6.92 Å². The Hall–Kier alpha value is -2.75. The number of benzene rings is 2. The molecule has 2 aromatic carbocycles. The molecule has 0 saturated carbocycles. The van der Waals surface area contributed by atoms with Crippen molar-refractivity contribution in [2.24, 2.45) is 0 Å². The molecule has 0 radical (unpaired) electrons. The lowest BCUT2D eigenvalue weighted by molar-refractivity contribution is -0.143. The highest BCUT2D eigenvalue weighted by Crippen LogP contribution is 2.37. The third-order valence-electron chi connectivity index (χ3n) is 6.32. The number of nitrogens with one attached hydrogen (secondary N) is 1. The number of halogens is 7. The minimum atomic E-state index is -5.06. The quantitative estimate of drug-likeness (QED) is 0.383. The van der Waals surface area contributed by atoms with Gasteiger partial charge in [0.2, 0.25) is 5.91 Å². The first-order valence-electron chi connectivity index (χ1n) is 11.9. The van der Waals surface area contributed by atoms with Gasteiger partial charge in [-0.15, -0.1) is 0 Å². The Morgan fingerprint density at radius 2 is 1.59 bits per heavy atom. The number of alkyl halides is 6. The summed E-state index contributed by atoms with van der Waals surface area (Å²) in [6, 6.07) is 6.84. The lowest BCUT2D eigenvalue weighted by Crippen LogP contribution is -2.52. The van der Waals surface area contributed by atoms with E-state index in [-0.39, 0.29) is 31.0 Å². The number of carbonyl (C=O) groups excluding carboxylic acids is 2. The van der Waals surface area contributed by atoms with Crippen LogP contribution in [-0.4, -0.2) is 35.3 Å². The van der Waals surface area contributed by atoms with E-state index in [1.54, 1.807) is 24.3 Å². The van der Waals surface area contributed by atoms with Crippen molar-refractivity contribution < 1.29 is 35.9 Å². The second-order valence-corrected chi connectivity index (χ2v) is 9.61. The van der Waals surface area contributed by atoms with Crippen LogP contribution in [0.2, 0.25) is 5.02 Å². The number of amides is 2. The van der Waals surface area contributed by atoms with Crippen molar-refractivity contribution in [3.8, 4) is 0 Å². The van der Waals surface area contributed by atoms with Gasteiger partial charge in [0, 0.05) is 35.6 Å². The molecule has 3 rings (SSSR count). The van der Waals surface area contributed by atoms with Crippen molar-refractivity contribution in [3.63, 3.8) is 0 Å². The molecular weight excluding hydrogens is 522 g/mol. The first kappa shape index (κ1) is 28.8. The molecule has 0 bridgehead atoms. The van der Waals surface area contributed by atoms with Crippen LogP contribution in [0.5, 0.6) is 0 Å². The topological polar surface area (TPSA) is 49.4 Å². The van der Waals surface area contributed by atoms with Gasteiger partial charge in [0.15, 0.2) is 0 Å². The zero-order valence-corrected chi connectivity index (χ0v) is 20.8. The maximum atomic E-state index is 13.4. The highest BCUT2D eigenvalue weighted by atomic mass is 35.5. The zero-order valence-electron chi connectivity index (χ0n) is 20.1. The van der Waals surface area contributed by atoms with Crippen molar-refractivity contribution in [3.05, 3.63) is 69.7 Å². The molecule has 2 atom stereocenters. The van der Waals surface area contributed by atoms with E-state index < -0.39 is 41.0 Å². The maximum Gasteiger partial charge on any atom is 0.416 e. The third kappa shape index (κ3) is 7.87. The van der Waals surface area contributed by atoms with E-state index in [9.17, 15) is 35.9 Å². The SMILES string of the molecule is CCCCC(=O)NC1CCN(C(=O)c2cc(C(F)(F)F)cc(C(F)(F)F)c2)C(Cc2ccc(Cl)cc2)C1. The first-order valence-corrected chi connectivity index (χ1v) is 12.3. The van der Waals surface area contributed by atoms with Crippen LogP contribution < -0.4 is 5.32 Å². The number of carbonyl (C=O) groups is 2. The average Bonchev–Trinajstić information content (AvgIpc) is 2.82. The van der Waals surface area contributed by atoms with E-state index in [0.29, 0.717) is 42.8 Å². The van der Waals surface area contributed by atoms with Crippen LogP contribution in [-0.2, 0) is 23.6 Å². The summed E-state index contributed by atoms with van der Waals surface area (Å²) in [5.74, 6) is -1.06. The summed E-state index contributed by atoms with van der Waals surface area (Å²) in [6.07, 6.45) is -7.30. The van der Waals surface area contributed by atoms with Crippen LogP contribution in [0.15, 0.2) is 42.5 Å². The molecule has 4 nitrogen and oxygen atoms in total. The van der Waals surface area contributed by atoms with E-state index in [4.69, 9.17) is 11.6 Å². The van der Waals surface area contributed by atoms with E-state index in [1.165, 1.54) is 4.90 Å². The summed E-state index contributed by atoms with van der Waals surface area (Å²) in [5.41, 5.74) is -2.99. The Labute approximate surface area is 216 Å². The molecule has 2 unspecified atom stereocenters. The Morgan fingerprint density at radius 1 is 1.00 bits per heavy atom. The predicted molar refractivity (Wildman–Crippen MR) is 127 cm³/mol. The van der Waals surface area contributed by atoms with Crippen molar-refractivity contribution in [1.29, 1.82) is 0 Å². The molecule has 0 aliphatic carbocycles. The first-order chi connectivity index (χ1) is 17.3. The van der Waals surface area contributed by atoms with E-state index in [2.05, 4.69) is 5.32 Å². The molecule has 1 aliphatic rings. The fourth-order valence-corrected chi connectivity index (χ4v) is 4.54. The minimum absolute atomic E-state index is 0.0000413. The molecule has 1 heterocycles. The summed E-state index contributed by atoms with van der Waals surface area (Å²) >= 11 is 5.94. The largest absolute Gasteiger partial charge is 0.416 e. The van der Waals surface area contributed by atoms with Crippen LogP contribution in [0.25, 0.3) is 0 Å². The van der Waals surface area contributed by atoms with Crippen LogP contribution in [0.4, 0.5) is 26.3 Å². The van der Waals surface area contributed by atoms with Crippen molar-refractivity contribution in [2.45, 2.75) is 69.9 Å². The van der Waals surface area contributed by atoms with Gasteiger partial charge in [-0.05, 0) is 61.6 Å². The van der Waals surface area contributed by atoms with Crippen LogP contribution in [0.3, 0.4) is 0 Å². The Balaban J connectivity index is 1.91. The van der Waals surface area contributed by atoms with Crippen LogP contribution in [0.1, 0.15) is 66.1 Å². The molecule has 1 N–H and O–H groups in total. The molecule has 2 amide bonds. The smallest absolute Gasteiger partial charge is 0.353 e. The number of hydrogen-bond acceptors (Lipinski definition) is 2. The third-order valence-corrected chi connectivity index (χ3v) is 6.57. The second-order valence-electron chi connectivity index (χ2n) is 9.17. The van der Waals surface area contributed by atoms with Gasteiger partial charge in [-0.2, -0.15) is 26.3 Å². The maximum absolute atomic E-state index is 13.4. The zero-order chi connectivity index (χ0) is 27.4. The summed E-state index contributed by atoms with van der Waals surface area (Å²) in [7, 11) is 0. The monoisotopic (exact) mass is 548 g/mol. The summed E-state index contributed by atoms with van der Waals surface area (Å²) in [4.78, 5) is 26.9. The molecule has 1 fully saturated rings. The van der Waals surface area contributed by atoms with Crippen molar-refractivity contribution >= 4 is 23.4 Å². The molecular formula is C26H27ClF6N2O2. The molecule has 37 heavy (non-hydrogen) atoms. The number of unbranched alkanes of at least 4 members (excludes halogenated alkanes) is 1. The summed E-state index contributed by atoms with van der Waals surface area (Å²) in [6.45, 7) is 2.02. The summed E-state index contributed by atoms with van der Waals surface area (Å²) < 4.78 is 80.1. The van der Waals surface area contributed by atoms with Gasteiger partial charge in [0.05, 0.1) is 11.1 Å². The molecule has 1 aliphatic heterocycles. The predicted octanol–water partition coefficient (Wildman–Crippen LogP) is 6.90. The van der Waals surface area contributed by atoms with Gasteiger partial charge < -0.3 is 10.2 Å². The molecule has 0 aromatic heterocycles. The Bertz CT molecular complexity index is 1070. The second kappa shape index (κ2) is 11.8. The van der Waals surface area contributed by atoms with Gasteiger partial charge in [0.1, 0.15) is 0 Å². The minimum Gasteiger partial charge on any atom is -0.353 e. The Morgan fingerprint density at radius 3 is 2.14 bits per heavy atom. The van der Waals surface area contributed by atoms with Crippen LogP contribution >= 0.6 is 11.6 Å². The van der Waals surface area contributed by atoms with Gasteiger partial charge in [-0.1, -0.05) is 37.1 Å². The number of nitrogens with zero attached hydrogens (tertiary/aromatic N) is 1. The average molecular weight is 549 g/mol. The van der Waals surface area contributed by atoms with Gasteiger partial charge in [0.25, 0.3) is 5.91 Å². The van der Waals surface area contributed by atoms with Gasteiger partial charge >= 0.3 is 12.4 Å². The van der Waals surface area contributed by atoms with Crippen molar-refractivity contribution in [2.75, 3.05) is 6.54 Å². The fourth-order valence-electron chi connectivity index (χ4n) is 4.42. The number of piperidine rings is 1. The standard InChI is InChI=1S/C26H27ClF6N2O2/c1-2-3-4-23(36)34-21-9-10-35(22(15-21)11-16-5-7-20(27)8-6-16)24(37)17-12-18(25(28,29)30)14-19(13-17)26(31,32)33/h5-8,12-14,21-22H,2-4,9-11,15H2,1H3,(H,34,36). The van der Waals surface area contributed by atoms with Crippen molar-refractivity contribution in [1.82, 2.24) is 10.2 Å². The van der Waals surface area contributed by atoms with Gasteiger partial charge in [-0.25, -0.2) is 0 Å². The molecule has 11 heteroatoms. The highest BCUT2D eigenvalue weighted by Gasteiger charge is 2.39.